The highest BCUT2D eigenvalue weighted by molar-refractivity contribution is 9.10. The predicted molar refractivity (Wildman–Crippen MR) is 83.9 cm³/mol. The quantitative estimate of drug-likeness (QED) is 0.785. The molecule has 0 bridgehead atoms. The van der Waals surface area contributed by atoms with Crippen molar-refractivity contribution in [3.8, 4) is 0 Å². The summed E-state index contributed by atoms with van der Waals surface area (Å²) in [6.45, 7) is 2.06. The van der Waals surface area contributed by atoms with Gasteiger partial charge in [-0.1, -0.05) is 40.2 Å². The Kier molecular flexibility index (Phi) is 4.76. The highest BCUT2D eigenvalue weighted by atomic mass is 79.9. The molecule has 19 heavy (non-hydrogen) atoms. The van der Waals surface area contributed by atoms with Crippen molar-refractivity contribution in [3.05, 3.63) is 67.9 Å². The Balaban J connectivity index is 2.50. The van der Waals surface area contributed by atoms with E-state index in [2.05, 4.69) is 56.2 Å². The van der Waals surface area contributed by atoms with Crippen LogP contribution in [-0.2, 0) is 0 Å². The second kappa shape index (κ2) is 6.16. The van der Waals surface area contributed by atoms with Crippen LogP contribution in [0.25, 0.3) is 0 Å². The average molecular weight is 387 g/mol. The van der Waals surface area contributed by atoms with Gasteiger partial charge in [0.2, 0.25) is 0 Å². The van der Waals surface area contributed by atoms with Crippen molar-refractivity contribution in [1.29, 1.82) is 0 Å². The lowest BCUT2D eigenvalue weighted by Gasteiger charge is -2.20. The number of hydrogen-bond donors (Lipinski definition) is 1. The lowest BCUT2D eigenvalue weighted by molar-refractivity contribution is 0.616. The number of rotatable bonds is 3. The molecule has 1 nitrogen and oxygen atoms in total. The fourth-order valence-electron chi connectivity index (χ4n) is 2.09. The molecular weight excluding hydrogens is 373 g/mol. The zero-order chi connectivity index (χ0) is 14.0. The van der Waals surface area contributed by atoms with Gasteiger partial charge in [-0.3, -0.25) is 0 Å². The Bertz CT molecular complexity index is 599. The Labute approximate surface area is 129 Å². The van der Waals surface area contributed by atoms with Crippen LogP contribution in [0, 0.1) is 12.7 Å². The minimum absolute atomic E-state index is 0.0196. The van der Waals surface area contributed by atoms with Crippen LogP contribution in [0.5, 0.6) is 0 Å². The highest BCUT2D eigenvalue weighted by Crippen LogP contribution is 2.32. The van der Waals surface area contributed by atoms with Crippen molar-refractivity contribution in [2.24, 2.45) is 0 Å². The Morgan fingerprint density at radius 1 is 1.16 bits per heavy atom. The molecule has 1 atom stereocenters. The second-order valence-electron chi connectivity index (χ2n) is 4.37. The van der Waals surface area contributed by atoms with Crippen LogP contribution in [-0.4, -0.2) is 7.05 Å². The molecule has 0 spiro atoms. The molecule has 0 amide bonds. The van der Waals surface area contributed by atoms with Crippen LogP contribution in [0.3, 0.4) is 0 Å². The normalized spacial score (nSPS) is 12.5. The van der Waals surface area contributed by atoms with Gasteiger partial charge in [-0.05, 0) is 58.7 Å². The summed E-state index contributed by atoms with van der Waals surface area (Å²) in [5, 5.41) is 3.28. The smallest absolute Gasteiger partial charge is 0.137 e. The average Bonchev–Trinajstić information content (AvgIpc) is 2.39. The van der Waals surface area contributed by atoms with Gasteiger partial charge in [0.25, 0.3) is 0 Å². The Morgan fingerprint density at radius 3 is 2.53 bits per heavy atom. The van der Waals surface area contributed by atoms with Crippen molar-refractivity contribution in [3.63, 3.8) is 0 Å². The number of hydrogen-bond acceptors (Lipinski definition) is 1. The largest absolute Gasteiger partial charge is 0.309 e. The molecule has 1 unspecified atom stereocenters. The van der Waals surface area contributed by atoms with E-state index in [9.17, 15) is 4.39 Å². The second-order valence-corrected chi connectivity index (χ2v) is 6.02. The Hall–Kier alpha value is -0.710. The van der Waals surface area contributed by atoms with Gasteiger partial charge in [-0.15, -0.1) is 0 Å². The van der Waals surface area contributed by atoms with Gasteiger partial charge in [0.05, 0.1) is 10.5 Å². The van der Waals surface area contributed by atoms with Crippen LogP contribution in [0.2, 0.25) is 0 Å². The minimum atomic E-state index is -0.248. The molecule has 100 valence electrons. The molecule has 0 aliphatic rings. The predicted octanol–water partition coefficient (Wildman–Crippen LogP) is 4.97. The molecule has 1 N–H and O–H groups in total. The molecule has 0 heterocycles. The molecular formula is C15H14Br2FN. The summed E-state index contributed by atoms with van der Waals surface area (Å²) in [6.07, 6.45) is 0. The van der Waals surface area contributed by atoms with Gasteiger partial charge in [0, 0.05) is 4.47 Å². The molecule has 0 radical (unpaired) electrons. The topological polar surface area (TPSA) is 12.0 Å². The molecule has 0 saturated carbocycles. The first-order valence-corrected chi connectivity index (χ1v) is 7.50. The van der Waals surface area contributed by atoms with E-state index in [1.54, 1.807) is 6.07 Å². The van der Waals surface area contributed by atoms with Crippen LogP contribution in [0.4, 0.5) is 4.39 Å². The molecule has 2 aromatic rings. The third-order valence-corrected chi connectivity index (χ3v) is 4.79. The SMILES string of the molecule is CNC(c1ccc(F)c(Br)c1)c1cccc(C)c1Br. The number of aryl methyl sites for hydroxylation is 1. The van der Waals surface area contributed by atoms with E-state index in [1.807, 2.05) is 19.2 Å². The number of nitrogens with one attached hydrogen (secondary N) is 1. The minimum Gasteiger partial charge on any atom is -0.309 e. The van der Waals surface area contributed by atoms with Gasteiger partial charge in [0.15, 0.2) is 0 Å². The molecule has 0 aliphatic carbocycles. The summed E-state index contributed by atoms with van der Waals surface area (Å²) < 4.78 is 14.9. The molecule has 0 saturated heterocycles. The Morgan fingerprint density at radius 2 is 1.89 bits per heavy atom. The maximum Gasteiger partial charge on any atom is 0.137 e. The monoisotopic (exact) mass is 385 g/mol. The summed E-state index contributed by atoms with van der Waals surface area (Å²) in [6, 6.07) is 11.3. The first-order valence-electron chi connectivity index (χ1n) is 5.92. The number of benzene rings is 2. The van der Waals surface area contributed by atoms with E-state index >= 15 is 0 Å². The summed E-state index contributed by atoms with van der Waals surface area (Å²) in [7, 11) is 1.90. The van der Waals surface area contributed by atoms with E-state index in [1.165, 1.54) is 11.6 Å². The maximum atomic E-state index is 13.3. The first-order chi connectivity index (χ1) is 9.04. The summed E-state index contributed by atoms with van der Waals surface area (Å²) in [4.78, 5) is 0. The van der Waals surface area contributed by atoms with Crippen molar-refractivity contribution < 1.29 is 4.39 Å². The van der Waals surface area contributed by atoms with E-state index in [0.717, 1.165) is 15.6 Å². The molecule has 2 rings (SSSR count). The van der Waals surface area contributed by atoms with E-state index in [0.29, 0.717) is 4.47 Å². The highest BCUT2D eigenvalue weighted by Gasteiger charge is 2.16. The van der Waals surface area contributed by atoms with Gasteiger partial charge < -0.3 is 5.32 Å². The van der Waals surface area contributed by atoms with Gasteiger partial charge >= 0.3 is 0 Å². The summed E-state index contributed by atoms with van der Waals surface area (Å²) >= 11 is 6.86. The van der Waals surface area contributed by atoms with Crippen LogP contribution in [0.1, 0.15) is 22.7 Å². The number of halogens is 3. The van der Waals surface area contributed by atoms with Gasteiger partial charge in [-0.2, -0.15) is 0 Å². The molecule has 2 aromatic carbocycles. The summed E-state index contributed by atoms with van der Waals surface area (Å²) in [5.74, 6) is -0.248. The van der Waals surface area contributed by atoms with Gasteiger partial charge in [-0.25, -0.2) is 4.39 Å². The van der Waals surface area contributed by atoms with Crippen LogP contribution in [0.15, 0.2) is 45.3 Å². The zero-order valence-electron chi connectivity index (χ0n) is 10.7. The van der Waals surface area contributed by atoms with Gasteiger partial charge in [0.1, 0.15) is 5.82 Å². The van der Waals surface area contributed by atoms with Crippen molar-refractivity contribution in [2.45, 2.75) is 13.0 Å². The third-order valence-electron chi connectivity index (χ3n) is 3.10. The first kappa shape index (κ1) is 14.7. The fourth-order valence-corrected chi connectivity index (χ4v) is 2.98. The van der Waals surface area contributed by atoms with E-state index < -0.39 is 0 Å². The van der Waals surface area contributed by atoms with Crippen molar-refractivity contribution in [1.82, 2.24) is 5.32 Å². The van der Waals surface area contributed by atoms with Crippen LogP contribution >= 0.6 is 31.9 Å². The fraction of sp³-hybridized carbons (Fsp3) is 0.200. The lowest BCUT2D eigenvalue weighted by Crippen LogP contribution is -2.18. The van der Waals surface area contributed by atoms with Crippen molar-refractivity contribution >= 4 is 31.9 Å². The molecule has 0 aromatic heterocycles. The third kappa shape index (κ3) is 3.07. The van der Waals surface area contributed by atoms with E-state index in [4.69, 9.17) is 0 Å². The molecule has 4 heteroatoms. The zero-order valence-corrected chi connectivity index (χ0v) is 13.8. The summed E-state index contributed by atoms with van der Waals surface area (Å²) in [5.41, 5.74) is 3.34. The van der Waals surface area contributed by atoms with Crippen molar-refractivity contribution in [2.75, 3.05) is 7.05 Å². The molecule has 0 fully saturated rings. The van der Waals surface area contributed by atoms with Crippen LogP contribution < -0.4 is 5.32 Å². The standard InChI is InChI=1S/C15H14Br2FN/c1-9-4-3-5-11(14(9)17)15(19-2)10-6-7-13(18)12(16)8-10/h3-8,15,19H,1-2H3. The molecule has 0 aliphatic heterocycles. The lowest BCUT2D eigenvalue weighted by atomic mass is 9.97. The van der Waals surface area contributed by atoms with E-state index in [-0.39, 0.29) is 11.9 Å². The maximum absolute atomic E-state index is 13.3.